The summed E-state index contributed by atoms with van der Waals surface area (Å²) < 4.78 is 13.7. The van der Waals surface area contributed by atoms with Gasteiger partial charge in [0.2, 0.25) is 11.6 Å². The largest absolute Gasteiger partial charge is 0.355 e. The van der Waals surface area contributed by atoms with Gasteiger partial charge >= 0.3 is 5.69 Å². The first kappa shape index (κ1) is 20.3. The van der Waals surface area contributed by atoms with Crippen molar-refractivity contribution in [2.75, 3.05) is 10.7 Å². The number of nitrogens with one attached hydrogen (secondary N) is 3. The fourth-order valence-corrected chi connectivity index (χ4v) is 2.49. The number of Topliss-reactive ketones (excluding diaryl/α,β-unsaturated/α-hetero) is 1. The van der Waals surface area contributed by atoms with Crippen molar-refractivity contribution >= 4 is 34.7 Å². The molecule has 0 unspecified atom stereocenters. The van der Waals surface area contributed by atoms with E-state index < -0.39 is 22.3 Å². The van der Waals surface area contributed by atoms with Crippen LogP contribution in [0.1, 0.15) is 27.6 Å². The van der Waals surface area contributed by atoms with Crippen molar-refractivity contribution in [1.29, 1.82) is 0 Å². The van der Waals surface area contributed by atoms with Crippen molar-refractivity contribution in [2.45, 2.75) is 6.92 Å². The Labute approximate surface area is 169 Å². The van der Waals surface area contributed by atoms with Crippen LogP contribution in [0.15, 0.2) is 54.9 Å². The second kappa shape index (κ2) is 8.73. The van der Waals surface area contributed by atoms with E-state index in [-0.39, 0.29) is 23.0 Å². The summed E-state index contributed by atoms with van der Waals surface area (Å²) in [5, 5.41) is 14.3. The van der Waals surface area contributed by atoms with Crippen molar-refractivity contribution in [3.63, 3.8) is 0 Å². The Hall–Kier alpha value is -4.41. The average molecular weight is 410 g/mol. The molecule has 10 nitrogen and oxygen atoms in total. The number of halogens is 1. The smallest absolute Gasteiger partial charge is 0.334 e. The van der Waals surface area contributed by atoms with E-state index in [1.165, 1.54) is 25.1 Å². The molecule has 0 aliphatic carbocycles. The molecule has 30 heavy (non-hydrogen) atoms. The lowest BCUT2D eigenvalue weighted by molar-refractivity contribution is -0.383. The summed E-state index contributed by atoms with van der Waals surface area (Å²) in [6, 6.07) is 11.5. The summed E-state index contributed by atoms with van der Waals surface area (Å²) in [5.74, 6) is -2.15. The van der Waals surface area contributed by atoms with E-state index in [4.69, 9.17) is 0 Å². The highest BCUT2D eigenvalue weighted by atomic mass is 19.1. The number of hydrazine groups is 1. The topological polar surface area (TPSA) is 139 Å². The SMILES string of the molecule is CC(=O)c1ccc(Nc2ncnc(NNC(=O)c3ccccc3F)c2[N+](=O)[O-])cc1. The molecule has 11 heteroatoms. The van der Waals surface area contributed by atoms with Crippen LogP contribution in [0.3, 0.4) is 0 Å². The van der Waals surface area contributed by atoms with Crippen LogP contribution in [0.5, 0.6) is 0 Å². The molecule has 0 spiro atoms. The zero-order valence-corrected chi connectivity index (χ0v) is 15.5. The van der Waals surface area contributed by atoms with E-state index in [0.717, 1.165) is 12.4 Å². The molecule has 3 aromatic rings. The second-order valence-corrected chi connectivity index (χ2v) is 5.99. The molecule has 0 saturated carbocycles. The van der Waals surface area contributed by atoms with Gasteiger partial charge in [0.15, 0.2) is 5.78 Å². The molecule has 0 atom stereocenters. The van der Waals surface area contributed by atoms with Gasteiger partial charge in [-0.3, -0.25) is 30.6 Å². The van der Waals surface area contributed by atoms with Crippen LogP contribution in [0, 0.1) is 15.9 Å². The first-order chi connectivity index (χ1) is 14.4. The number of hydrogen-bond donors (Lipinski definition) is 3. The summed E-state index contributed by atoms with van der Waals surface area (Å²) >= 11 is 0. The summed E-state index contributed by atoms with van der Waals surface area (Å²) in [7, 11) is 0. The van der Waals surface area contributed by atoms with Crippen LogP contribution in [-0.4, -0.2) is 26.6 Å². The minimum absolute atomic E-state index is 0.119. The highest BCUT2D eigenvalue weighted by Crippen LogP contribution is 2.30. The molecule has 3 rings (SSSR count). The molecule has 0 aliphatic heterocycles. The number of nitrogens with zero attached hydrogens (tertiary/aromatic N) is 3. The highest BCUT2D eigenvalue weighted by Gasteiger charge is 2.24. The highest BCUT2D eigenvalue weighted by molar-refractivity contribution is 5.95. The molecule has 2 aromatic carbocycles. The van der Waals surface area contributed by atoms with Crippen LogP contribution in [0.2, 0.25) is 0 Å². The summed E-state index contributed by atoms with van der Waals surface area (Å²) in [4.78, 5) is 42.0. The number of anilines is 3. The second-order valence-electron chi connectivity index (χ2n) is 5.99. The predicted octanol–water partition coefficient (Wildman–Crippen LogP) is 3.23. The number of ketones is 1. The van der Waals surface area contributed by atoms with Gasteiger partial charge in [-0.05, 0) is 43.3 Å². The Morgan fingerprint density at radius 3 is 2.33 bits per heavy atom. The van der Waals surface area contributed by atoms with E-state index in [2.05, 4.69) is 26.1 Å². The van der Waals surface area contributed by atoms with Gasteiger partial charge in [0.05, 0.1) is 10.5 Å². The number of hydrogen-bond acceptors (Lipinski definition) is 8. The maximum Gasteiger partial charge on any atom is 0.355 e. The van der Waals surface area contributed by atoms with Gasteiger partial charge in [0.25, 0.3) is 5.91 Å². The van der Waals surface area contributed by atoms with Crippen molar-refractivity contribution in [2.24, 2.45) is 0 Å². The van der Waals surface area contributed by atoms with Crippen LogP contribution in [-0.2, 0) is 0 Å². The molecule has 1 aromatic heterocycles. The van der Waals surface area contributed by atoms with Crippen LogP contribution < -0.4 is 16.2 Å². The predicted molar refractivity (Wildman–Crippen MR) is 106 cm³/mol. The van der Waals surface area contributed by atoms with Crippen molar-refractivity contribution in [1.82, 2.24) is 15.4 Å². The number of amides is 1. The Morgan fingerprint density at radius 1 is 1.03 bits per heavy atom. The third-order valence-corrected chi connectivity index (χ3v) is 3.97. The van der Waals surface area contributed by atoms with E-state index in [0.29, 0.717) is 11.3 Å². The van der Waals surface area contributed by atoms with Crippen molar-refractivity contribution in [3.05, 3.63) is 81.9 Å². The molecule has 1 heterocycles. The first-order valence-corrected chi connectivity index (χ1v) is 8.55. The van der Waals surface area contributed by atoms with Crippen LogP contribution in [0.4, 0.5) is 27.4 Å². The maximum atomic E-state index is 13.7. The Morgan fingerprint density at radius 2 is 1.70 bits per heavy atom. The van der Waals surface area contributed by atoms with E-state index in [1.54, 1.807) is 24.3 Å². The molecule has 0 aliphatic rings. The Bertz CT molecular complexity index is 1120. The molecule has 3 N–H and O–H groups in total. The molecule has 1 amide bonds. The van der Waals surface area contributed by atoms with Gasteiger partial charge in [-0.2, -0.15) is 0 Å². The van der Waals surface area contributed by atoms with Gasteiger partial charge in [-0.25, -0.2) is 14.4 Å². The first-order valence-electron chi connectivity index (χ1n) is 8.55. The maximum absolute atomic E-state index is 13.7. The summed E-state index contributed by atoms with van der Waals surface area (Å²) in [6.07, 6.45) is 1.05. The summed E-state index contributed by atoms with van der Waals surface area (Å²) in [5.41, 5.74) is 4.65. The molecule has 0 bridgehead atoms. The van der Waals surface area contributed by atoms with Crippen molar-refractivity contribution < 1.29 is 18.9 Å². The third kappa shape index (κ3) is 4.52. The van der Waals surface area contributed by atoms with Gasteiger partial charge in [0, 0.05) is 11.3 Å². The van der Waals surface area contributed by atoms with E-state index in [1.807, 2.05) is 0 Å². The van der Waals surface area contributed by atoms with Gasteiger partial charge < -0.3 is 5.32 Å². The average Bonchev–Trinajstić information content (AvgIpc) is 2.72. The zero-order valence-electron chi connectivity index (χ0n) is 15.5. The minimum atomic E-state index is -0.838. The number of rotatable bonds is 7. The minimum Gasteiger partial charge on any atom is -0.334 e. The zero-order chi connectivity index (χ0) is 21.7. The fraction of sp³-hybridized carbons (Fsp3) is 0.0526. The van der Waals surface area contributed by atoms with Gasteiger partial charge in [-0.15, -0.1) is 0 Å². The number of carbonyl (C=O) groups is 2. The number of carbonyl (C=O) groups excluding carboxylic acids is 2. The normalized spacial score (nSPS) is 10.2. The van der Waals surface area contributed by atoms with Gasteiger partial charge in [0.1, 0.15) is 12.1 Å². The lowest BCUT2D eigenvalue weighted by Gasteiger charge is -2.11. The van der Waals surface area contributed by atoms with E-state index in [9.17, 15) is 24.1 Å². The molecular weight excluding hydrogens is 395 g/mol. The van der Waals surface area contributed by atoms with Crippen molar-refractivity contribution in [3.8, 4) is 0 Å². The Kier molecular flexibility index (Phi) is 5.92. The fourth-order valence-electron chi connectivity index (χ4n) is 2.49. The summed E-state index contributed by atoms with van der Waals surface area (Å²) in [6.45, 7) is 1.42. The molecule has 0 fully saturated rings. The van der Waals surface area contributed by atoms with E-state index >= 15 is 0 Å². The van der Waals surface area contributed by atoms with Gasteiger partial charge in [-0.1, -0.05) is 12.1 Å². The molecule has 0 radical (unpaired) electrons. The lowest BCUT2D eigenvalue weighted by Crippen LogP contribution is -2.31. The number of nitro groups is 1. The number of aromatic nitrogens is 2. The quantitative estimate of drug-likeness (QED) is 0.306. The number of benzene rings is 2. The van der Waals surface area contributed by atoms with Crippen LogP contribution >= 0.6 is 0 Å². The Balaban J connectivity index is 1.82. The molecular formula is C19H15FN6O4. The molecule has 152 valence electrons. The molecule has 0 saturated heterocycles. The van der Waals surface area contributed by atoms with Crippen LogP contribution in [0.25, 0.3) is 0 Å². The third-order valence-electron chi connectivity index (χ3n) is 3.97. The standard InChI is InChI=1S/C19H15FN6O4/c1-11(27)12-6-8-13(9-7-12)23-17-16(26(29)30)18(22-10-21-17)24-25-19(28)14-4-2-3-5-15(14)20/h2-10H,1H3,(H,25,28)(H2,21,22,23,24). The lowest BCUT2D eigenvalue weighted by atomic mass is 10.1. The monoisotopic (exact) mass is 410 g/mol.